The van der Waals surface area contributed by atoms with Crippen LogP contribution in [-0.2, 0) is 6.54 Å². The lowest BCUT2D eigenvalue weighted by Crippen LogP contribution is -2.11. The smallest absolute Gasteiger partial charge is 0.195 e. The molecule has 1 aromatic carbocycles. The van der Waals surface area contributed by atoms with E-state index in [1.165, 1.54) is 0 Å². The SMILES string of the molecule is C=CCn1c(C(C)Oc2cccc(Cl)c2)n[nH]c1=S. The molecule has 2 aromatic rings. The predicted octanol–water partition coefficient (Wildman–Crippen LogP) is 3.92. The van der Waals surface area contributed by atoms with Gasteiger partial charge >= 0.3 is 0 Å². The van der Waals surface area contributed by atoms with Crippen LogP contribution < -0.4 is 4.74 Å². The van der Waals surface area contributed by atoms with E-state index in [2.05, 4.69) is 16.8 Å². The van der Waals surface area contributed by atoms with E-state index in [0.717, 1.165) is 5.82 Å². The Bertz CT molecular complexity index is 635. The number of aromatic amines is 1. The number of aromatic nitrogens is 3. The third-order valence-electron chi connectivity index (χ3n) is 2.57. The van der Waals surface area contributed by atoms with Gasteiger partial charge in [-0.3, -0.25) is 9.67 Å². The van der Waals surface area contributed by atoms with Crippen molar-refractivity contribution in [3.8, 4) is 5.75 Å². The van der Waals surface area contributed by atoms with Crippen LogP contribution in [-0.4, -0.2) is 14.8 Å². The van der Waals surface area contributed by atoms with Crippen LogP contribution in [0.1, 0.15) is 18.9 Å². The van der Waals surface area contributed by atoms with Crippen LogP contribution in [0.2, 0.25) is 5.02 Å². The van der Waals surface area contributed by atoms with Gasteiger partial charge in [0.25, 0.3) is 0 Å². The van der Waals surface area contributed by atoms with E-state index in [1.807, 2.05) is 23.6 Å². The van der Waals surface area contributed by atoms with Gasteiger partial charge in [0, 0.05) is 11.6 Å². The molecule has 0 bridgehead atoms. The largest absolute Gasteiger partial charge is 0.483 e. The van der Waals surface area contributed by atoms with E-state index in [4.69, 9.17) is 28.6 Å². The Kier molecular flexibility index (Phi) is 4.39. The number of nitrogens with zero attached hydrogens (tertiary/aromatic N) is 2. The van der Waals surface area contributed by atoms with E-state index in [9.17, 15) is 0 Å². The van der Waals surface area contributed by atoms with E-state index in [0.29, 0.717) is 22.1 Å². The van der Waals surface area contributed by atoms with Crippen molar-refractivity contribution < 1.29 is 4.74 Å². The third kappa shape index (κ3) is 3.24. The molecular weight excluding hydrogens is 282 g/mol. The Morgan fingerprint density at radius 1 is 1.63 bits per heavy atom. The number of nitrogens with one attached hydrogen (secondary N) is 1. The highest BCUT2D eigenvalue weighted by Crippen LogP contribution is 2.23. The van der Waals surface area contributed by atoms with Crippen molar-refractivity contribution in [1.82, 2.24) is 14.8 Å². The number of ether oxygens (including phenoxy) is 1. The minimum absolute atomic E-state index is 0.244. The Morgan fingerprint density at radius 2 is 2.42 bits per heavy atom. The van der Waals surface area contributed by atoms with Crippen LogP contribution in [0.5, 0.6) is 5.75 Å². The minimum Gasteiger partial charge on any atom is -0.483 e. The fraction of sp³-hybridized carbons (Fsp3) is 0.231. The van der Waals surface area contributed by atoms with Gasteiger partial charge in [-0.25, -0.2) is 0 Å². The van der Waals surface area contributed by atoms with Crippen molar-refractivity contribution in [3.05, 3.63) is 52.5 Å². The van der Waals surface area contributed by atoms with E-state index >= 15 is 0 Å². The average Bonchev–Trinajstić information content (AvgIpc) is 2.72. The molecule has 1 atom stereocenters. The highest BCUT2D eigenvalue weighted by atomic mass is 35.5. The quantitative estimate of drug-likeness (QED) is 0.671. The second-order valence-corrected chi connectivity index (χ2v) is 4.83. The summed E-state index contributed by atoms with van der Waals surface area (Å²) in [6.07, 6.45) is 1.52. The Hall–Kier alpha value is -1.59. The molecule has 0 amide bonds. The Morgan fingerprint density at radius 3 is 3.11 bits per heavy atom. The Balaban J connectivity index is 2.22. The molecule has 0 aliphatic carbocycles. The summed E-state index contributed by atoms with van der Waals surface area (Å²) in [6.45, 7) is 6.21. The molecular formula is C13H14ClN3OS. The number of hydrogen-bond donors (Lipinski definition) is 1. The standard InChI is InChI=1S/C13H14ClN3OS/c1-3-7-17-12(15-16-13(17)19)9(2)18-11-6-4-5-10(14)8-11/h3-6,8-9H,1,7H2,2H3,(H,16,19). The minimum atomic E-state index is -0.244. The lowest BCUT2D eigenvalue weighted by molar-refractivity contribution is 0.211. The fourth-order valence-electron chi connectivity index (χ4n) is 1.74. The molecule has 100 valence electrons. The molecule has 1 aromatic heterocycles. The number of rotatable bonds is 5. The summed E-state index contributed by atoms with van der Waals surface area (Å²) in [5.74, 6) is 1.42. The highest BCUT2D eigenvalue weighted by molar-refractivity contribution is 7.71. The number of allylic oxidation sites excluding steroid dienone is 1. The average molecular weight is 296 g/mol. The van der Waals surface area contributed by atoms with Crippen molar-refractivity contribution >= 4 is 23.8 Å². The summed E-state index contributed by atoms with van der Waals surface area (Å²) < 4.78 is 8.21. The molecule has 6 heteroatoms. The van der Waals surface area contributed by atoms with Crippen LogP contribution in [0.25, 0.3) is 0 Å². The molecule has 0 aliphatic rings. The second kappa shape index (κ2) is 6.04. The maximum atomic E-state index is 5.92. The number of H-pyrrole nitrogens is 1. The van der Waals surface area contributed by atoms with E-state index in [1.54, 1.807) is 18.2 Å². The fourth-order valence-corrected chi connectivity index (χ4v) is 2.14. The summed E-state index contributed by atoms with van der Waals surface area (Å²) >= 11 is 11.1. The Labute approximate surface area is 121 Å². The zero-order valence-corrected chi connectivity index (χ0v) is 12.0. The van der Waals surface area contributed by atoms with Crippen molar-refractivity contribution in [2.24, 2.45) is 0 Å². The first-order chi connectivity index (χ1) is 9.11. The van der Waals surface area contributed by atoms with E-state index in [-0.39, 0.29) is 6.10 Å². The van der Waals surface area contributed by atoms with Gasteiger partial charge in [-0.15, -0.1) is 6.58 Å². The monoisotopic (exact) mass is 295 g/mol. The van der Waals surface area contributed by atoms with Crippen LogP contribution >= 0.6 is 23.8 Å². The van der Waals surface area contributed by atoms with Gasteiger partial charge in [-0.1, -0.05) is 23.7 Å². The predicted molar refractivity (Wildman–Crippen MR) is 78.1 cm³/mol. The van der Waals surface area contributed by atoms with Crippen molar-refractivity contribution in [3.63, 3.8) is 0 Å². The molecule has 2 rings (SSSR count). The maximum Gasteiger partial charge on any atom is 0.195 e. The number of benzene rings is 1. The lowest BCUT2D eigenvalue weighted by atomic mass is 10.3. The van der Waals surface area contributed by atoms with Gasteiger partial charge in [0.05, 0.1) is 0 Å². The van der Waals surface area contributed by atoms with Crippen LogP contribution in [0, 0.1) is 4.77 Å². The van der Waals surface area contributed by atoms with Gasteiger partial charge in [-0.05, 0) is 37.3 Å². The first-order valence-electron chi connectivity index (χ1n) is 5.80. The van der Waals surface area contributed by atoms with E-state index < -0.39 is 0 Å². The van der Waals surface area contributed by atoms with Crippen LogP contribution in [0.15, 0.2) is 36.9 Å². The van der Waals surface area contributed by atoms with Gasteiger partial charge in [0.1, 0.15) is 5.75 Å². The first kappa shape index (κ1) is 13.8. The van der Waals surface area contributed by atoms with Gasteiger partial charge in [0.2, 0.25) is 0 Å². The maximum absolute atomic E-state index is 5.92. The molecule has 0 spiro atoms. The molecule has 0 fully saturated rings. The van der Waals surface area contributed by atoms with Gasteiger partial charge in [-0.2, -0.15) is 5.10 Å². The van der Waals surface area contributed by atoms with Crippen molar-refractivity contribution in [1.29, 1.82) is 0 Å². The van der Waals surface area contributed by atoms with Gasteiger partial charge < -0.3 is 4.74 Å². The van der Waals surface area contributed by atoms with Crippen LogP contribution in [0.4, 0.5) is 0 Å². The van der Waals surface area contributed by atoms with Gasteiger partial charge in [0.15, 0.2) is 16.7 Å². The molecule has 0 saturated heterocycles. The summed E-state index contributed by atoms with van der Waals surface area (Å²) in [4.78, 5) is 0. The number of hydrogen-bond acceptors (Lipinski definition) is 3. The summed E-state index contributed by atoms with van der Waals surface area (Å²) in [6, 6.07) is 7.25. The van der Waals surface area contributed by atoms with Crippen LogP contribution in [0.3, 0.4) is 0 Å². The molecule has 0 saturated carbocycles. The molecule has 4 nitrogen and oxygen atoms in total. The summed E-state index contributed by atoms with van der Waals surface area (Å²) in [5, 5.41) is 7.59. The molecule has 0 aliphatic heterocycles. The lowest BCUT2D eigenvalue weighted by Gasteiger charge is -2.14. The second-order valence-electron chi connectivity index (χ2n) is 4.00. The molecule has 1 heterocycles. The topological polar surface area (TPSA) is 42.8 Å². The van der Waals surface area contributed by atoms with Crippen molar-refractivity contribution in [2.75, 3.05) is 0 Å². The van der Waals surface area contributed by atoms with Crippen molar-refractivity contribution in [2.45, 2.75) is 19.6 Å². The molecule has 0 radical (unpaired) electrons. The summed E-state index contributed by atoms with van der Waals surface area (Å²) in [7, 11) is 0. The first-order valence-corrected chi connectivity index (χ1v) is 6.58. The zero-order valence-electron chi connectivity index (χ0n) is 10.5. The zero-order chi connectivity index (χ0) is 13.8. The molecule has 1 N–H and O–H groups in total. The highest BCUT2D eigenvalue weighted by Gasteiger charge is 2.15. The number of halogens is 1. The molecule has 19 heavy (non-hydrogen) atoms. The normalized spacial score (nSPS) is 12.1. The third-order valence-corrected chi connectivity index (χ3v) is 3.12. The molecule has 1 unspecified atom stereocenters. The summed E-state index contributed by atoms with van der Waals surface area (Å²) in [5.41, 5.74) is 0.